The predicted octanol–water partition coefficient (Wildman–Crippen LogP) is 3.60. The third-order valence-corrected chi connectivity index (χ3v) is 3.60. The van der Waals surface area contributed by atoms with Crippen LogP contribution in [-0.2, 0) is 0 Å². The molecule has 5 heteroatoms. The first-order chi connectivity index (χ1) is 9.51. The summed E-state index contributed by atoms with van der Waals surface area (Å²) in [5, 5.41) is 2.84. The van der Waals surface area contributed by atoms with E-state index in [0.717, 1.165) is 17.0 Å². The summed E-state index contributed by atoms with van der Waals surface area (Å²) in [5.41, 5.74) is 8.53. The largest absolute Gasteiger partial charge is 0.496 e. The van der Waals surface area contributed by atoms with Crippen LogP contribution in [0.4, 0.5) is 11.4 Å². The number of aryl methyl sites for hydroxylation is 1. The van der Waals surface area contributed by atoms with Crippen LogP contribution in [-0.4, -0.2) is 13.0 Å². The van der Waals surface area contributed by atoms with Crippen molar-refractivity contribution in [3.05, 3.63) is 52.0 Å². The Bertz CT molecular complexity index is 656. The Morgan fingerprint density at radius 3 is 2.60 bits per heavy atom. The number of hydrogen-bond donors (Lipinski definition) is 2. The highest BCUT2D eigenvalue weighted by Crippen LogP contribution is 2.23. The molecule has 2 aromatic carbocycles. The maximum absolute atomic E-state index is 12.1. The highest BCUT2D eigenvalue weighted by molar-refractivity contribution is 9.10. The molecule has 0 aliphatic rings. The number of carbonyl (C=O) groups is 1. The Balaban J connectivity index is 2.19. The average Bonchev–Trinajstić information content (AvgIpc) is 2.42. The molecule has 2 rings (SSSR count). The molecule has 0 heterocycles. The third kappa shape index (κ3) is 3.11. The first-order valence-electron chi connectivity index (χ1n) is 6.02. The van der Waals surface area contributed by atoms with E-state index >= 15 is 0 Å². The molecule has 104 valence electrons. The molecular weight excluding hydrogens is 320 g/mol. The van der Waals surface area contributed by atoms with Gasteiger partial charge in [0.15, 0.2) is 0 Å². The summed E-state index contributed by atoms with van der Waals surface area (Å²) >= 11 is 3.31. The zero-order chi connectivity index (χ0) is 14.7. The molecule has 2 aromatic rings. The van der Waals surface area contributed by atoms with Crippen molar-refractivity contribution >= 4 is 33.2 Å². The molecule has 20 heavy (non-hydrogen) atoms. The van der Waals surface area contributed by atoms with Crippen LogP contribution in [0.2, 0.25) is 0 Å². The summed E-state index contributed by atoms with van der Waals surface area (Å²) in [6.07, 6.45) is 0. The first-order valence-corrected chi connectivity index (χ1v) is 6.81. The maximum Gasteiger partial charge on any atom is 0.255 e. The molecule has 0 aromatic heterocycles. The SMILES string of the molecule is COc1ccc(NC(=O)c2ccc(N)c(Br)c2)cc1C. The number of nitrogens with one attached hydrogen (secondary N) is 1. The minimum Gasteiger partial charge on any atom is -0.496 e. The van der Waals surface area contributed by atoms with E-state index in [1.807, 2.05) is 19.1 Å². The lowest BCUT2D eigenvalue weighted by atomic mass is 10.1. The summed E-state index contributed by atoms with van der Waals surface area (Å²) in [7, 11) is 1.62. The maximum atomic E-state index is 12.1. The fourth-order valence-electron chi connectivity index (χ4n) is 1.83. The summed E-state index contributed by atoms with van der Waals surface area (Å²) in [6.45, 7) is 1.92. The second-order valence-corrected chi connectivity index (χ2v) is 5.23. The second-order valence-electron chi connectivity index (χ2n) is 4.37. The van der Waals surface area contributed by atoms with Crippen LogP contribution in [0.1, 0.15) is 15.9 Å². The molecule has 3 N–H and O–H groups in total. The van der Waals surface area contributed by atoms with Crippen molar-refractivity contribution in [3.63, 3.8) is 0 Å². The quantitative estimate of drug-likeness (QED) is 0.843. The molecule has 0 saturated carbocycles. The van der Waals surface area contributed by atoms with Gasteiger partial charge in [-0.25, -0.2) is 0 Å². The number of nitrogens with two attached hydrogens (primary N) is 1. The van der Waals surface area contributed by atoms with Crippen molar-refractivity contribution in [1.82, 2.24) is 0 Å². The first kappa shape index (κ1) is 14.4. The highest BCUT2D eigenvalue weighted by atomic mass is 79.9. The standard InChI is InChI=1S/C15H15BrN2O2/c1-9-7-11(4-6-14(9)20-2)18-15(19)10-3-5-13(17)12(16)8-10/h3-8H,17H2,1-2H3,(H,18,19). The van der Waals surface area contributed by atoms with E-state index in [2.05, 4.69) is 21.2 Å². The van der Waals surface area contributed by atoms with E-state index in [1.165, 1.54) is 0 Å². The summed E-state index contributed by atoms with van der Waals surface area (Å²) in [6, 6.07) is 10.6. The molecule has 0 radical (unpaired) electrons. The second kappa shape index (κ2) is 5.96. The van der Waals surface area contributed by atoms with Gasteiger partial charge in [0, 0.05) is 21.4 Å². The minimum atomic E-state index is -0.185. The average molecular weight is 335 g/mol. The van der Waals surface area contributed by atoms with E-state index in [4.69, 9.17) is 10.5 Å². The van der Waals surface area contributed by atoms with Crippen molar-refractivity contribution in [2.45, 2.75) is 6.92 Å². The fourth-order valence-corrected chi connectivity index (χ4v) is 2.21. The number of carbonyl (C=O) groups excluding carboxylic acids is 1. The molecule has 0 aliphatic heterocycles. The monoisotopic (exact) mass is 334 g/mol. The summed E-state index contributed by atoms with van der Waals surface area (Å²) in [5.74, 6) is 0.605. The number of rotatable bonds is 3. The molecule has 0 atom stereocenters. The molecular formula is C15H15BrN2O2. The van der Waals surface area contributed by atoms with Gasteiger partial charge in [0.05, 0.1) is 7.11 Å². The van der Waals surface area contributed by atoms with Crippen molar-refractivity contribution in [2.75, 3.05) is 18.2 Å². The van der Waals surface area contributed by atoms with Gasteiger partial charge in [-0.2, -0.15) is 0 Å². The lowest BCUT2D eigenvalue weighted by Crippen LogP contribution is -2.12. The topological polar surface area (TPSA) is 64.3 Å². The number of nitrogen functional groups attached to an aromatic ring is 1. The molecule has 1 amide bonds. The van der Waals surface area contributed by atoms with Crippen LogP contribution in [0.15, 0.2) is 40.9 Å². The van der Waals surface area contributed by atoms with Crippen LogP contribution in [0.3, 0.4) is 0 Å². The molecule has 0 fully saturated rings. The zero-order valence-corrected chi connectivity index (χ0v) is 12.8. The smallest absolute Gasteiger partial charge is 0.255 e. The number of halogens is 1. The Morgan fingerprint density at radius 1 is 1.25 bits per heavy atom. The van der Waals surface area contributed by atoms with Crippen molar-refractivity contribution in [2.24, 2.45) is 0 Å². The Hall–Kier alpha value is -2.01. The van der Waals surface area contributed by atoms with Gasteiger partial charge in [-0.05, 0) is 64.8 Å². The number of amides is 1. The number of ether oxygens (including phenoxy) is 1. The normalized spacial score (nSPS) is 10.2. The number of anilines is 2. The van der Waals surface area contributed by atoms with Gasteiger partial charge in [0.1, 0.15) is 5.75 Å². The minimum absolute atomic E-state index is 0.185. The molecule has 0 aliphatic carbocycles. The van der Waals surface area contributed by atoms with Gasteiger partial charge in [-0.1, -0.05) is 0 Å². The third-order valence-electron chi connectivity index (χ3n) is 2.92. The molecule has 0 bridgehead atoms. The van der Waals surface area contributed by atoms with Crippen molar-refractivity contribution in [1.29, 1.82) is 0 Å². The van der Waals surface area contributed by atoms with Crippen molar-refractivity contribution in [3.8, 4) is 5.75 Å². The van der Waals surface area contributed by atoms with Gasteiger partial charge in [-0.3, -0.25) is 4.79 Å². The highest BCUT2D eigenvalue weighted by Gasteiger charge is 2.09. The Morgan fingerprint density at radius 2 is 2.00 bits per heavy atom. The van der Waals surface area contributed by atoms with E-state index in [-0.39, 0.29) is 5.91 Å². The number of methoxy groups -OCH3 is 1. The number of benzene rings is 2. The van der Waals surface area contributed by atoms with E-state index in [1.54, 1.807) is 31.4 Å². The molecule has 0 spiro atoms. The van der Waals surface area contributed by atoms with E-state index < -0.39 is 0 Å². The fraction of sp³-hybridized carbons (Fsp3) is 0.133. The Labute approximate surface area is 126 Å². The van der Waals surface area contributed by atoms with Gasteiger partial charge in [0.25, 0.3) is 5.91 Å². The van der Waals surface area contributed by atoms with Gasteiger partial charge >= 0.3 is 0 Å². The van der Waals surface area contributed by atoms with E-state index in [9.17, 15) is 4.79 Å². The lowest BCUT2D eigenvalue weighted by Gasteiger charge is -2.09. The summed E-state index contributed by atoms with van der Waals surface area (Å²) in [4.78, 5) is 12.1. The van der Waals surface area contributed by atoms with Crippen LogP contribution < -0.4 is 15.8 Å². The van der Waals surface area contributed by atoms with Crippen LogP contribution in [0, 0.1) is 6.92 Å². The van der Waals surface area contributed by atoms with Crippen LogP contribution >= 0.6 is 15.9 Å². The van der Waals surface area contributed by atoms with Gasteiger partial charge in [-0.15, -0.1) is 0 Å². The number of hydrogen-bond acceptors (Lipinski definition) is 3. The van der Waals surface area contributed by atoms with E-state index in [0.29, 0.717) is 15.7 Å². The predicted molar refractivity (Wildman–Crippen MR) is 84.2 cm³/mol. The molecule has 0 unspecified atom stereocenters. The van der Waals surface area contributed by atoms with Crippen LogP contribution in [0.5, 0.6) is 5.75 Å². The lowest BCUT2D eigenvalue weighted by molar-refractivity contribution is 0.102. The van der Waals surface area contributed by atoms with Gasteiger partial charge in [0.2, 0.25) is 0 Å². The van der Waals surface area contributed by atoms with Crippen LogP contribution in [0.25, 0.3) is 0 Å². The Kier molecular flexibility index (Phi) is 4.29. The molecule has 0 saturated heterocycles. The molecule has 4 nitrogen and oxygen atoms in total. The van der Waals surface area contributed by atoms with Crippen molar-refractivity contribution < 1.29 is 9.53 Å². The van der Waals surface area contributed by atoms with Gasteiger partial charge < -0.3 is 15.8 Å². The summed E-state index contributed by atoms with van der Waals surface area (Å²) < 4.78 is 5.89. The zero-order valence-electron chi connectivity index (χ0n) is 11.2.